The molecule has 2 fully saturated rings. The van der Waals surface area contributed by atoms with E-state index >= 15 is 0 Å². The van der Waals surface area contributed by atoms with Crippen molar-refractivity contribution in [2.24, 2.45) is 12.5 Å². The minimum atomic E-state index is 0.456. The molecule has 0 bridgehead atoms. The second kappa shape index (κ2) is 10.7. The maximum absolute atomic E-state index is 9.81. The number of nitrogens with one attached hydrogen (secondary N) is 1. The molecule has 0 atom stereocenters. The van der Waals surface area contributed by atoms with Gasteiger partial charge in [0.1, 0.15) is 6.07 Å². The lowest BCUT2D eigenvalue weighted by molar-refractivity contribution is -0.139. The minimum Gasteiger partial charge on any atom is -0.493 e. The molecule has 39 heavy (non-hydrogen) atoms. The van der Waals surface area contributed by atoms with Crippen LogP contribution >= 0.6 is 0 Å². The van der Waals surface area contributed by atoms with Crippen LogP contribution < -0.4 is 14.8 Å². The van der Waals surface area contributed by atoms with Gasteiger partial charge in [-0.15, -0.1) is 0 Å². The average molecular weight is 527 g/mol. The van der Waals surface area contributed by atoms with Crippen LogP contribution in [0.3, 0.4) is 0 Å². The van der Waals surface area contributed by atoms with E-state index in [9.17, 15) is 5.26 Å². The number of piperidine rings is 1. The van der Waals surface area contributed by atoms with Gasteiger partial charge in [-0.25, -0.2) is 0 Å². The fourth-order valence-corrected chi connectivity index (χ4v) is 5.63. The van der Waals surface area contributed by atoms with Crippen LogP contribution in [0.1, 0.15) is 31.2 Å². The summed E-state index contributed by atoms with van der Waals surface area (Å²) in [4.78, 5) is 7.11. The maximum Gasteiger partial charge on any atom is 0.163 e. The van der Waals surface area contributed by atoms with Crippen molar-refractivity contribution >= 4 is 33.2 Å². The standard InChI is InChI=1S/C30H34N6O3/c1-35-26-6-5-23(13-21(26)18-33-35)34-29-22(16-31)17-32-25-15-28(27(37-2)14-24(25)29)39-12-4-3-9-36-10-7-30(8-11-36)19-38-20-30/h5-6,13-15,17-18H,3-4,7-12,19-20H2,1-2H3,(H,32,34). The first kappa shape index (κ1) is 25.4. The fourth-order valence-electron chi connectivity index (χ4n) is 5.63. The number of fused-ring (bicyclic) bond motifs is 2. The first-order chi connectivity index (χ1) is 19.1. The van der Waals surface area contributed by atoms with E-state index in [1.165, 1.54) is 25.9 Å². The molecule has 2 aromatic carbocycles. The highest BCUT2D eigenvalue weighted by atomic mass is 16.5. The predicted molar refractivity (Wildman–Crippen MR) is 151 cm³/mol. The van der Waals surface area contributed by atoms with Crippen molar-refractivity contribution in [2.45, 2.75) is 25.7 Å². The number of unbranched alkanes of at least 4 members (excludes halogenated alkanes) is 1. The minimum absolute atomic E-state index is 0.456. The molecule has 2 aromatic heterocycles. The van der Waals surface area contributed by atoms with Crippen molar-refractivity contribution in [3.8, 4) is 17.6 Å². The van der Waals surface area contributed by atoms with Crippen molar-refractivity contribution in [3.63, 3.8) is 0 Å². The zero-order chi connectivity index (χ0) is 26.8. The van der Waals surface area contributed by atoms with Gasteiger partial charge in [-0.3, -0.25) is 9.67 Å². The van der Waals surface area contributed by atoms with Gasteiger partial charge in [-0.2, -0.15) is 10.4 Å². The molecule has 9 nitrogen and oxygen atoms in total. The first-order valence-corrected chi connectivity index (χ1v) is 13.6. The van der Waals surface area contributed by atoms with Gasteiger partial charge in [-0.1, -0.05) is 0 Å². The summed E-state index contributed by atoms with van der Waals surface area (Å²) in [5, 5.41) is 19.4. The van der Waals surface area contributed by atoms with Crippen molar-refractivity contribution in [2.75, 3.05) is 51.9 Å². The molecule has 2 aliphatic heterocycles. The Kier molecular flexibility index (Phi) is 6.98. The number of anilines is 2. The second-order valence-corrected chi connectivity index (χ2v) is 10.7. The monoisotopic (exact) mass is 526 g/mol. The molecule has 202 valence electrons. The van der Waals surface area contributed by atoms with Crippen LogP contribution in [0, 0.1) is 16.7 Å². The number of hydrogen-bond acceptors (Lipinski definition) is 8. The summed E-state index contributed by atoms with van der Waals surface area (Å²) >= 11 is 0. The van der Waals surface area contributed by atoms with E-state index in [1.54, 1.807) is 13.3 Å². The molecule has 0 amide bonds. The Morgan fingerprint density at radius 2 is 1.95 bits per heavy atom. The number of methoxy groups -OCH3 is 1. The Labute approximate surface area is 228 Å². The van der Waals surface area contributed by atoms with Gasteiger partial charge in [0.25, 0.3) is 0 Å². The Balaban J connectivity index is 1.13. The molecule has 4 heterocycles. The average Bonchev–Trinajstić information content (AvgIpc) is 3.31. The van der Waals surface area contributed by atoms with E-state index in [2.05, 4.69) is 26.4 Å². The number of aromatic nitrogens is 3. The second-order valence-electron chi connectivity index (χ2n) is 10.7. The lowest BCUT2D eigenvalue weighted by Gasteiger charge is -2.47. The van der Waals surface area contributed by atoms with Gasteiger partial charge < -0.3 is 24.4 Å². The summed E-state index contributed by atoms with van der Waals surface area (Å²) in [6.07, 6.45) is 8.01. The number of aryl methyl sites for hydroxylation is 1. The summed E-state index contributed by atoms with van der Waals surface area (Å²) < 4.78 is 19.1. The van der Waals surface area contributed by atoms with Gasteiger partial charge in [0.05, 0.1) is 55.4 Å². The van der Waals surface area contributed by atoms with Gasteiger partial charge in [0.2, 0.25) is 0 Å². The van der Waals surface area contributed by atoms with Crippen LogP contribution in [0.4, 0.5) is 11.4 Å². The third-order valence-electron chi connectivity index (χ3n) is 8.15. The smallest absolute Gasteiger partial charge is 0.163 e. The lowest BCUT2D eigenvalue weighted by atomic mass is 9.77. The van der Waals surface area contributed by atoms with Crippen LogP contribution in [0.25, 0.3) is 21.8 Å². The zero-order valence-electron chi connectivity index (χ0n) is 22.6. The molecular formula is C30H34N6O3. The number of likely N-dealkylation sites (tertiary alicyclic amines) is 1. The molecule has 2 aliphatic rings. The molecule has 1 spiro atoms. The van der Waals surface area contributed by atoms with Crippen LogP contribution in [0.2, 0.25) is 0 Å². The summed E-state index contributed by atoms with van der Waals surface area (Å²) in [7, 11) is 3.55. The lowest BCUT2D eigenvalue weighted by Crippen LogP contribution is -2.50. The Hall–Kier alpha value is -3.87. The van der Waals surface area contributed by atoms with Gasteiger partial charge in [0.15, 0.2) is 11.5 Å². The number of benzene rings is 2. The van der Waals surface area contributed by atoms with Gasteiger partial charge in [0, 0.05) is 41.2 Å². The summed E-state index contributed by atoms with van der Waals surface area (Å²) in [5.74, 6) is 1.28. The molecule has 0 unspecified atom stereocenters. The SMILES string of the molecule is COc1cc2c(Nc3ccc4c(cnn4C)c3)c(C#N)cnc2cc1OCCCCN1CCC2(CC1)COC2. The molecule has 9 heteroatoms. The highest BCUT2D eigenvalue weighted by Gasteiger charge is 2.40. The maximum atomic E-state index is 9.81. The molecule has 6 rings (SSSR count). The summed E-state index contributed by atoms with van der Waals surface area (Å²) in [6, 6.07) is 12.1. The van der Waals surface area contributed by atoms with Gasteiger partial charge >= 0.3 is 0 Å². The van der Waals surface area contributed by atoms with Crippen LogP contribution in [-0.4, -0.2) is 66.2 Å². The molecular weight excluding hydrogens is 492 g/mol. The molecule has 0 radical (unpaired) electrons. The highest BCUT2D eigenvalue weighted by molar-refractivity contribution is 5.98. The first-order valence-electron chi connectivity index (χ1n) is 13.6. The molecule has 0 aliphatic carbocycles. The molecule has 2 saturated heterocycles. The molecule has 1 N–H and O–H groups in total. The number of nitrogens with zero attached hydrogens (tertiary/aromatic N) is 5. The van der Waals surface area contributed by atoms with Crippen molar-refractivity contribution in [1.29, 1.82) is 5.26 Å². The Morgan fingerprint density at radius 1 is 1.10 bits per heavy atom. The van der Waals surface area contributed by atoms with E-state index in [1.807, 2.05) is 48.3 Å². The topological polar surface area (TPSA) is 97.5 Å². The van der Waals surface area contributed by atoms with E-state index in [-0.39, 0.29) is 0 Å². The van der Waals surface area contributed by atoms with Crippen molar-refractivity contribution < 1.29 is 14.2 Å². The fraction of sp³-hybridized carbons (Fsp3) is 0.433. The molecule has 4 aromatic rings. The Morgan fingerprint density at radius 3 is 2.69 bits per heavy atom. The van der Waals surface area contributed by atoms with Crippen molar-refractivity contribution in [1.82, 2.24) is 19.7 Å². The number of rotatable bonds is 9. The molecule has 0 saturated carbocycles. The number of ether oxygens (including phenoxy) is 3. The Bertz CT molecular complexity index is 1530. The van der Waals surface area contributed by atoms with Crippen LogP contribution in [0.15, 0.2) is 42.7 Å². The van der Waals surface area contributed by atoms with E-state index in [4.69, 9.17) is 14.2 Å². The van der Waals surface area contributed by atoms with E-state index < -0.39 is 0 Å². The number of pyridine rings is 1. The van der Waals surface area contributed by atoms with Gasteiger partial charge in [-0.05, 0) is 69.6 Å². The van der Waals surface area contributed by atoms with Crippen LogP contribution in [-0.2, 0) is 11.8 Å². The zero-order valence-corrected chi connectivity index (χ0v) is 22.6. The largest absolute Gasteiger partial charge is 0.493 e. The number of nitriles is 1. The van der Waals surface area contributed by atoms with Crippen LogP contribution in [0.5, 0.6) is 11.5 Å². The third-order valence-corrected chi connectivity index (χ3v) is 8.15. The van der Waals surface area contributed by atoms with Crippen molar-refractivity contribution in [3.05, 3.63) is 48.3 Å². The number of hydrogen-bond donors (Lipinski definition) is 1. The van der Waals surface area contributed by atoms with E-state index in [0.29, 0.717) is 34.8 Å². The normalized spacial score (nSPS) is 16.7. The predicted octanol–water partition coefficient (Wildman–Crippen LogP) is 5.02. The van der Waals surface area contributed by atoms with E-state index in [0.717, 1.165) is 60.1 Å². The quantitative estimate of drug-likeness (QED) is 0.304. The summed E-state index contributed by atoms with van der Waals surface area (Å²) in [6.45, 7) is 5.96. The summed E-state index contributed by atoms with van der Waals surface area (Å²) in [5.41, 5.74) is 4.26. The third kappa shape index (κ3) is 5.10. The highest BCUT2D eigenvalue weighted by Crippen LogP contribution is 2.39.